The Balaban J connectivity index is 1.49. The lowest BCUT2D eigenvalue weighted by Gasteiger charge is -2.53. The largest absolute Gasteiger partial charge is 0.361 e. The highest BCUT2D eigenvalue weighted by Crippen LogP contribution is 2.55. The number of halogens is 2. The summed E-state index contributed by atoms with van der Waals surface area (Å²) in [5.74, 6) is 1.44. The molecule has 0 unspecified atom stereocenters. The van der Waals surface area contributed by atoms with Gasteiger partial charge < -0.3 is 4.74 Å². The van der Waals surface area contributed by atoms with Crippen molar-refractivity contribution in [2.75, 3.05) is 0 Å². The van der Waals surface area contributed by atoms with Gasteiger partial charge in [-0.1, -0.05) is 57.6 Å². The van der Waals surface area contributed by atoms with Crippen LogP contribution in [0.4, 0.5) is 8.78 Å². The first-order chi connectivity index (χ1) is 12.5. The first-order valence-electron chi connectivity index (χ1n) is 11.2. The van der Waals surface area contributed by atoms with Gasteiger partial charge in [-0.15, -0.1) is 0 Å². The van der Waals surface area contributed by atoms with E-state index in [2.05, 4.69) is 26.0 Å². The molecule has 3 rings (SSSR count). The fourth-order valence-electron chi connectivity index (χ4n) is 5.84. The van der Waals surface area contributed by atoms with Crippen LogP contribution in [0.2, 0.25) is 0 Å². The Morgan fingerprint density at radius 1 is 0.923 bits per heavy atom. The standard InChI is InChI=1S/C23H38F2O/c1-3-5-6-8-18-11-15-20(16-12-18)22-21(23(24,25)26-22)19-13-9-17(7-4-2)10-14-19/h4,7,17-22H,3,5-6,8-16H2,1-2H3/b7-4+/t17-,18?,19-,20?,21-,22-/m0/s1. The lowest BCUT2D eigenvalue weighted by molar-refractivity contribution is -0.418. The van der Waals surface area contributed by atoms with Crippen molar-refractivity contribution >= 4 is 0 Å². The molecular formula is C23H38F2O. The van der Waals surface area contributed by atoms with Crippen LogP contribution in [0.15, 0.2) is 12.2 Å². The van der Waals surface area contributed by atoms with Gasteiger partial charge in [0.2, 0.25) is 0 Å². The number of allylic oxidation sites excluding steroid dienone is 2. The van der Waals surface area contributed by atoms with Gasteiger partial charge in [-0.3, -0.25) is 0 Å². The zero-order valence-corrected chi connectivity index (χ0v) is 16.8. The fourth-order valence-corrected chi connectivity index (χ4v) is 5.84. The third-order valence-electron chi connectivity index (χ3n) is 7.40. The summed E-state index contributed by atoms with van der Waals surface area (Å²) in [6, 6.07) is 0. The molecule has 0 spiro atoms. The average Bonchev–Trinajstić information content (AvgIpc) is 2.63. The summed E-state index contributed by atoms with van der Waals surface area (Å²) in [5, 5.41) is 0. The molecule has 3 aliphatic rings. The van der Waals surface area contributed by atoms with Crippen LogP contribution in [0.3, 0.4) is 0 Å². The van der Waals surface area contributed by atoms with Crippen LogP contribution in [0, 0.1) is 29.6 Å². The summed E-state index contributed by atoms with van der Waals surface area (Å²) < 4.78 is 33.8. The number of rotatable bonds is 7. The van der Waals surface area contributed by atoms with Crippen molar-refractivity contribution in [3.05, 3.63) is 12.2 Å². The van der Waals surface area contributed by atoms with Crippen LogP contribution in [-0.4, -0.2) is 12.2 Å². The molecule has 3 heteroatoms. The Labute approximate surface area is 159 Å². The molecule has 26 heavy (non-hydrogen) atoms. The van der Waals surface area contributed by atoms with Crippen LogP contribution in [0.25, 0.3) is 0 Å². The molecule has 0 aromatic rings. The van der Waals surface area contributed by atoms with Crippen LogP contribution >= 0.6 is 0 Å². The third-order valence-corrected chi connectivity index (χ3v) is 7.40. The van der Waals surface area contributed by atoms with Crippen molar-refractivity contribution in [3.63, 3.8) is 0 Å². The third kappa shape index (κ3) is 4.69. The van der Waals surface area contributed by atoms with Crippen molar-refractivity contribution < 1.29 is 13.5 Å². The predicted octanol–water partition coefficient (Wildman–Crippen LogP) is 7.36. The van der Waals surface area contributed by atoms with E-state index in [0.717, 1.165) is 44.4 Å². The molecule has 0 N–H and O–H groups in total. The van der Waals surface area contributed by atoms with E-state index in [1.165, 1.54) is 38.5 Å². The quantitative estimate of drug-likeness (QED) is 0.337. The summed E-state index contributed by atoms with van der Waals surface area (Å²) in [6.07, 6.45) is 15.3. The van der Waals surface area contributed by atoms with Gasteiger partial charge in [0.05, 0.1) is 12.0 Å². The van der Waals surface area contributed by atoms with Crippen LogP contribution in [0.1, 0.15) is 90.9 Å². The smallest absolute Gasteiger partial charge is 0.316 e. The van der Waals surface area contributed by atoms with E-state index in [9.17, 15) is 8.78 Å². The van der Waals surface area contributed by atoms with Crippen LogP contribution < -0.4 is 0 Å². The molecule has 0 aromatic carbocycles. The van der Waals surface area contributed by atoms with E-state index in [0.29, 0.717) is 11.8 Å². The minimum Gasteiger partial charge on any atom is -0.316 e. The van der Waals surface area contributed by atoms with Crippen molar-refractivity contribution in [3.8, 4) is 0 Å². The minimum atomic E-state index is -2.87. The lowest BCUT2D eigenvalue weighted by atomic mass is 9.66. The summed E-state index contributed by atoms with van der Waals surface area (Å²) >= 11 is 0. The van der Waals surface area contributed by atoms with Crippen LogP contribution in [-0.2, 0) is 4.74 Å². The second-order valence-corrected chi connectivity index (χ2v) is 9.15. The maximum atomic E-state index is 14.3. The number of alkyl halides is 2. The monoisotopic (exact) mass is 368 g/mol. The summed E-state index contributed by atoms with van der Waals surface area (Å²) in [4.78, 5) is 0. The Morgan fingerprint density at radius 3 is 2.15 bits per heavy atom. The molecule has 3 fully saturated rings. The van der Waals surface area contributed by atoms with Gasteiger partial charge in [0, 0.05) is 0 Å². The maximum absolute atomic E-state index is 14.3. The van der Waals surface area contributed by atoms with Gasteiger partial charge in [-0.25, -0.2) is 0 Å². The summed E-state index contributed by atoms with van der Waals surface area (Å²) in [6.45, 7) is 4.30. The van der Waals surface area contributed by atoms with Gasteiger partial charge >= 0.3 is 6.11 Å². The Kier molecular flexibility index (Phi) is 7.16. The van der Waals surface area contributed by atoms with Crippen molar-refractivity contribution in [1.29, 1.82) is 0 Å². The van der Waals surface area contributed by atoms with E-state index in [4.69, 9.17) is 4.74 Å². The summed E-state index contributed by atoms with van der Waals surface area (Å²) in [7, 11) is 0. The van der Waals surface area contributed by atoms with Gasteiger partial charge in [-0.05, 0) is 69.1 Å². The Bertz CT molecular complexity index is 445. The van der Waals surface area contributed by atoms with Crippen molar-refractivity contribution in [1.82, 2.24) is 0 Å². The van der Waals surface area contributed by atoms with E-state index in [1.807, 2.05) is 0 Å². The van der Waals surface area contributed by atoms with Crippen molar-refractivity contribution in [2.24, 2.45) is 29.6 Å². The Morgan fingerprint density at radius 2 is 1.58 bits per heavy atom. The number of hydrogen-bond donors (Lipinski definition) is 0. The van der Waals surface area contributed by atoms with Crippen LogP contribution in [0.5, 0.6) is 0 Å². The Hall–Kier alpha value is -0.440. The van der Waals surface area contributed by atoms with E-state index in [1.54, 1.807) is 0 Å². The van der Waals surface area contributed by atoms with E-state index < -0.39 is 12.0 Å². The minimum absolute atomic E-state index is 0.160. The lowest BCUT2D eigenvalue weighted by Crippen LogP contribution is -2.61. The fraction of sp³-hybridized carbons (Fsp3) is 0.913. The normalized spacial score (nSPS) is 40.5. The molecule has 1 heterocycles. The predicted molar refractivity (Wildman–Crippen MR) is 103 cm³/mol. The van der Waals surface area contributed by atoms with Crippen molar-refractivity contribution in [2.45, 2.75) is 103 Å². The highest BCUT2D eigenvalue weighted by atomic mass is 19.3. The highest BCUT2D eigenvalue weighted by Gasteiger charge is 2.62. The SMILES string of the molecule is C/C=C/[C@H]1CC[C@H]([C@H]2[C@H](C3CCC(CCCCC)CC3)OC2(F)F)CC1. The molecule has 0 aromatic heterocycles. The second kappa shape index (κ2) is 9.17. The molecule has 2 saturated carbocycles. The highest BCUT2D eigenvalue weighted by molar-refractivity contribution is 4.99. The number of ether oxygens (including phenoxy) is 1. The zero-order valence-electron chi connectivity index (χ0n) is 16.8. The second-order valence-electron chi connectivity index (χ2n) is 9.15. The molecule has 0 bridgehead atoms. The maximum Gasteiger partial charge on any atom is 0.361 e. The van der Waals surface area contributed by atoms with E-state index in [-0.39, 0.29) is 12.0 Å². The first-order valence-corrected chi connectivity index (χ1v) is 11.2. The molecule has 2 aliphatic carbocycles. The number of hydrogen-bond acceptors (Lipinski definition) is 1. The van der Waals surface area contributed by atoms with Gasteiger partial charge in [0.1, 0.15) is 0 Å². The zero-order chi connectivity index (χ0) is 18.6. The summed E-state index contributed by atoms with van der Waals surface area (Å²) in [5.41, 5.74) is 0. The first kappa shape index (κ1) is 20.3. The van der Waals surface area contributed by atoms with Gasteiger partial charge in [-0.2, -0.15) is 8.78 Å². The molecule has 150 valence electrons. The molecule has 0 radical (unpaired) electrons. The van der Waals surface area contributed by atoms with E-state index >= 15 is 0 Å². The molecular weight excluding hydrogens is 330 g/mol. The molecule has 1 aliphatic heterocycles. The van der Waals surface area contributed by atoms with Gasteiger partial charge in [0.25, 0.3) is 0 Å². The van der Waals surface area contributed by atoms with Gasteiger partial charge in [0.15, 0.2) is 0 Å². The molecule has 2 atom stereocenters. The molecule has 1 saturated heterocycles. The molecule has 0 amide bonds. The molecule has 1 nitrogen and oxygen atoms in total. The topological polar surface area (TPSA) is 9.23 Å². The number of unbranched alkanes of at least 4 members (excludes halogenated alkanes) is 2. The average molecular weight is 369 g/mol.